The molecule has 2 aromatic heterocycles. The van der Waals surface area contributed by atoms with Gasteiger partial charge in [0.1, 0.15) is 12.4 Å². The van der Waals surface area contributed by atoms with Crippen LogP contribution in [0.4, 0.5) is 0 Å². The van der Waals surface area contributed by atoms with Gasteiger partial charge in [-0.25, -0.2) is 9.67 Å². The number of rotatable bonds is 5. The minimum Gasteiger partial charge on any atom is -0.488 e. The SMILES string of the molecule is Brc1ccc(OCc2ccccc2)c(-c2ccn(-c3ccccn3)n2)c1. The molecule has 2 heterocycles. The number of aromatic nitrogens is 3. The second kappa shape index (κ2) is 7.54. The van der Waals surface area contributed by atoms with Gasteiger partial charge in [-0.05, 0) is 42.0 Å². The quantitative estimate of drug-likeness (QED) is 0.453. The largest absolute Gasteiger partial charge is 0.488 e. The Balaban J connectivity index is 1.64. The summed E-state index contributed by atoms with van der Waals surface area (Å²) >= 11 is 3.54. The Morgan fingerprint density at radius 3 is 2.58 bits per heavy atom. The Kier molecular flexibility index (Phi) is 4.80. The highest BCUT2D eigenvalue weighted by Crippen LogP contribution is 2.32. The van der Waals surface area contributed by atoms with Gasteiger partial charge in [0.15, 0.2) is 5.82 Å². The van der Waals surface area contributed by atoms with E-state index in [0.29, 0.717) is 6.61 Å². The van der Waals surface area contributed by atoms with Crippen LogP contribution >= 0.6 is 15.9 Å². The van der Waals surface area contributed by atoms with Crippen molar-refractivity contribution in [2.24, 2.45) is 0 Å². The van der Waals surface area contributed by atoms with Gasteiger partial charge in [0.25, 0.3) is 0 Å². The molecule has 0 bridgehead atoms. The van der Waals surface area contributed by atoms with Crippen molar-refractivity contribution in [2.45, 2.75) is 6.61 Å². The number of nitrogens with zero attached hydrogens (tertiary/aromatic N) is 3. The second-order valence-corrected chi connectivity index (χ2v) is 6.66. The van der Waals surface area contributed by atoms with Gasteiger partial charge in [-0.15, -0.1) is 0 Å². The molecule has 0 aliphatic carbocycles. The summed E-state index contributed by atoms with van der Waals surface area (Å²) in [5.74, 6) is 1.57. The van der Waals surface area contributed by atoms with Crippen LogP contribution in [0.3, 0.4) is 0 Å². The minimum atomic E-state index is 0.510. The molecule has 0 aliphatic heterocycles. The van der Waals surface area contributed by atoms with Crippen LogP contribution in [0.15, 0.2) is 89.7 Å². The summed E-state index contributed by atoms with van der Waals surface area (Å²) < 4.78 is 8.80. The zero-order valence-corrected chi connectivity index (χ0v) is 15.5. The smallest absolute Gasteiger partial charge is 0.153 e. The average molecular weight is 406 g/mol. The molecule has 0 aliphatic rings. The molecular weight excluding hydrogens is 390 g/mol. The maximum Gasteiger partial charge on any atom is 0.153 e. The number of hydrogen-bond acceptors (Lipinski definition) is 3. The molecule has 4 nitrogen and oxygen atoms in total. The summed E-state index contributed by atoms with van der Waals surface area (Å²) in [5.41, 5.74) is 2.89. The molecule has 0 saturated heterocycles. The van der Waals surface area contributed by atoms with Crippen LogP contribution in [0.1, 0.15) is 5.56 Å². The van der Waals surface area contributed by atoms with Gasteiger partial charge in [0, 0.05) is 22.4 Å². The Hall–Kier alpha value is -2.92. The highest BCUT2D eigenvalue weighted by atomic mass is 79.9. The highest BCUT2D eigenvalue weighted by molar-refractivity contribution is 9.10. The average Bonchev–Trinajstić information content (AvgIpc) is 3.18. The zero-order chi connectivity index (χ0) is 17.8. The number of halogens is 1. The Morgan fingerprint density at radius 1 is 0.923 bits per heavy atom. The Labute approximate surface area is 160 Å². The molecule has 4 rings (SSSR count). The molecule has 0 atom stereocenters. The maximum absolute atomic E-state index is 6.06. The summed E-state index contributed by atoms with van der Waals surface area (Å²) in [4.78, 5) is 4.33. The first-order chi connectivity index (χ1) is 12.8. The third kappa shape index (κ3) is 3.68. The highest BCUT2D eigenvalue weighted by Gasteiger charge is 2.11. The van der Waals surface area contributed by atoms with E-state index in [1.165, 1.54) is 0 Å². The topological polar surface area (TPSA) is 39.9 Å². The van der Waals surface area contributed by atoms with Crippen molar-refractivity contribution in [1.82, 2.24) is 14.8 Å². The lowest BCUT2D eigenvalue weighted by Gasteiger charge is -2.11. The lowest BCUT2D eigenvalue weighted by molar-refractivity contribution is 0.307. The van der Waals surface area contributed by atoms with Crippen molar-refractivity contribution < 1.29 is 4.74 Å². The van der Waals surface area contributed by atoms with E-state index < -0.39 is 0 Å². The Bertz CT molecular complexity index is 1000. The van der Waals surface area contributed by atoms with Crippen molar-refractivity contribution in [1.29, 1.82) is 0 Å². The fourth-order valence-corrected chi connectivity index (χ4v) is 3.01. The fourth-order valence-electron chi connectivity index (χ4n) is 2.65. The predicted molar refractivity (Wildman–Crippen MR) is 105 cm³/mol. The first-order valence-electron chi connectivity index (χ1n) is 8.23. The minimum absolute atomic E-state index is 0.510. The van der Waals surface area contributed by atoms with E-state index in [9.17, 15) is 0 Å². The van der Waals surface area contributed by atoms with E-state index in [1.54, 1.807) is 10.9 Å². The normalized spacial score (nSPS) is 10.7. The van der Waals surface area contributed by atoms with E-state index in [0.717, 1.165) is 32.9 Å². The molecule has 0 amide bonds. The van der Waals surface area contributed by atoms with Gasteiger partial charge < -0.3 is 4.74 Å². The summed E-state index contributed by atoms with van der Waals surface area (Å²) in [6.45, 7) is 0.510. The molecule has 0 fully saturated rings. The van der Waals surface area contributed by atoms with Gasteiger partial charge in [0.2, 0.25) is 0 Å². The number of pyridine rings is 1. The summed E-state index contributed by atoms with van der Waals surface area (Å²) in [6.07, 6.45) is 3.66. The molecule has 4 aromatic rings. The standard InChI is InChI=1S/C21H16BrN3O/c22-17-9-10-20(26-15-16-6-2-1-3-7-16)18(14-17)19-11-13-25(24-19)21-8-4-5-12-23-21/h1-14H,15H2. The summed E-state index contributed by atoms with van der Waals surface area (Å²) in [7, 11) is 0. The monoisotopic (exact) mass is 405 g/mol. The molecule has 128 valence electrons. The van der Waals surface area contributed by atoms with E-state index in [-0.39, 0.29) is 0 Å². The van der Waals surface area contributed by atoms with E-state index >= 15 is 0 Å². The molecule has 0 unspecified atom stereocenters. The van der Waals surface area contributed by atoms with E-state index in [4.69, 9.17) is 4.74 Å². The van der Waals surface area contributed by atoms with Gasteiger partial charge in [-0.3, -0.25) is 0 Å². The number of hydrogen-bond donors (Lipinski definition) is 0. The molecule has 0 radical (unpaired) electrons. The fraction of sp³-hybridized carbons (Fsp3) is 0.0476. The molecule has 5 heteroatoms. The van der Waals surface area contributed by atoms with Crippen LogP contribution in [0.5, 0.6) is 5.75 Å². The van der Waals surface area contributed by atoms with Crippen molar-refractivity contribution in [2.75, 3.05) is 0 Å². The van der Waals surface area contributed by atoms with Gasteiger partial charge in [-0.1, -0.05) is 52.3 Å². The molecule has 2 aromatic carbocycles. The van der Waals surface area contributed by atoms with Crippen molar-refractivity contribution in [3.8, 4) is 22.8 Å². The van der Waals surface area contributed by atoms with Gasteiger partial charge in [-0.2, -0.15) is 5.10 Å². The predicted octanol–water partition coefficient (Wildman–Crippen LogP) is 5.28. The van der Waals surface area contributed by atoms with Crippen molar-refractivity contribution in [3.63, 3.8) is 0 Å². The van der Waals surface area contributed by atoms with Gasteiger partial charge >= 0.3 is 0 Å². The van der Waals surface area contributed by atoms with Crippen LogP contribution < -0.4 is 4.74 Å². The second-order valence-electron chi connectivity index (χ2n) is 5.75. The van der Waals surface area contributed by atoms with E-state index in [1.807, 2.05) is 79.0 Å². The summed E-state index contributed by atoms with van der Waals surface area (Å²) in [5, 5.41) is 4.66. The lowest BCUT2D eigenvalue weighted by atomic mass is 10.1. The summed E-state index contributed by atoms with van der Waals surface area (Å²) in [6, 6.07) is 23.8. The van der Waals surface area contributed by atoms with Crippen molar-refractivity contribution >= 4 is 15.9 Å². The molecule has 0 spiro atoms. The Morgan fingerprint density at radius 2 is 1.77 bits per heavy atom. The van der Waals surface area contributed by atoms with Crippen molar-refractivity contribution in [3.05, 3.63) is 95.2 Å². The first kappa shape index (κ1) is 16.5. The number of benzene rings is 2. The third-order valence-electron chi connectivity index (χ3n) is 3.93. The molecule has 26 heavy (non-hydrogen) atoms. The van der Waals surface area contributed by atoms with E-state index in [2.05, 4.69) is 26.0 Å². The molecular formula is C21H16BrN3O. The van der Waals surface area contributed by atoms with Crippen LogP contribution in [-0.2, 0) is 6.61 Å². The van der Waals surface area contributed by atoms with Crippen LogP contribution in [0.2, 0.25) is 0 Å². The maximum atomic E-state index is 6.06. The van der Waals surface area contributed by atoms with Crippen LogP contribution in [-0.4, -0.2) is 14.8 Å². The lowest BCUT2D eigenvalue weighted by Crippen LogP contribution is -1.99. The van der Waals surface area contributed by atoms with Gasteiger partial charge in [0.05, 0.1) is 5.69 Å². The third-order valence-corrected chi connectivity index (χ3v) is 4.42. The molecule has 0 N–H and O–H groups in total. The molecule has 0 saturated carbocycles. The first-order valence-corrected chi connectivity index (χ1v) is 9.02. The zero-order valence-electron chi connectivity index (χ0n) is 13.9. The van der Waals surface area contributed by atoms with Crippen LogP contribution in [0.25, 0.3) is 17.1 Å². The van der Waals surface area contributed by atoms with Crippen LogP contribution in [0, 0.1) is 0 Å². The number of ether oxygens (including phenoxy) is 1.